The predicted molar refractivity (Wildman–Crippen MR) is 78.4 cm³/mol. The first kappa shape index (κ1) is 14.6. The monoisotopic (exact) mass is 283 g/mol. The van der Waals surface area contributed by atoms with Crippen LogP contribution in [0.1, 0.15) is 30.9 Å². The highest BCUT2D eigenvalue weighted by atomic mass is 35.5. The molecule has 0 spiro atoms. The highest BCUT2D eigenvalue weighted by molar-refractivity contribution is 6.31. The highest BCUT2D eigenvalue weighted by Crippen LogP contribution is 2.31. The Labute approximate surface area is 120 Å². The van der Waals surface area contributed by atoms with Crippen LogP contribution < -0.4 is 10.1 Å². The Bertz CT molecular complexity index is 428. The van der Waals surface area contributed by atoms with Gasteiger partial charge in [0, 0.05) is 18.1 Å². The summed E-state index contributed by atoms with van der Waals surface area (Å²) >= 11 is 6.26. The lowest BCUT2D eigenvalue weighted by molar-refractivity contribution is 0.0000504. The van der Waals surface area contributed by atoms with Gasteiger partial charge in [0.2, 0.25) is 0 Å². The summed E-state index contributed by atoms with van der Waals surface area (Å²) in [5.74, 6) is 1.30. The lowest BCUT2D eigenvalue weighted by Crippen LogP contribution is -2.41. The molecule has 106 valence electrons. The van der Waals surface area contributed by atoms with Gasteiger partial charge in [0.15, 0.2) is 0 Å². The molecular formula is C15H22ClNO2. The van der Waals surface area contributed by atoms with Crippen molar-refractivity contribution in [2.24, 2.45) is 0 Å². The Balaban J connectivity index is 2.04. The minimum absolute atomic E-state index is 0.131. The molecule has 0 saturated carbocycles. The maximum Gasteiger partial charge on any atom is 0.122 e. The van der Waals surface area contributed by atoms with Crippen molar-refractivity contribution in [3.05, 3.63) is 28.3 Å². The van der Waals surface area contributed by atoms with Crippen LogP contribution in [-0.4, -0.2) is 32.4 Å². The summed E-state index contributed by atoms with van der Waals surface area (Å²) in [6.07, 6.45) is 0.131. The lowest BCUT2D eigenvalue weighted by atomic mass is 10.0. The van der Waals surface area contributed by atoms with Crippen LogP contribution in [-0.2, 0) is 4.74 Å². The molecule has 0 aliphatic carbocycles. The summed E-state index contributed by atoms with van der Waals surface area (Å²) in [5.41, 5.74) is 2.20. The van der Waals surface area contributed by atoms with Crippen molar-refractivity contribution in [1.29, 1.82) is 0 Å². The van der Waals surface area contributed by atoms with Crippen LogP contribution in [0.15, 0.2) is 12.1 Å². The zero-order valence-electron chi connectivity index (χ0n) is 11.8. The van der Waals surface area contributed by atoms with Gasteiger partial charge in [-0.25, -0.2) is 0 Å². The van der Waals surface area contributed by atoms with Gasteiger partial charge in [-0.3, -0.25) is 0 Å². The Morgan fingerprint density at radius 2 is 2.26 bits per heavy atom. The summed E-state index contributed by atoms with van der Waals surface area (Å²) < 4.78 is 11.5. The molecule has 1 aromatic rings. The minimum atomic E-state index is 0.131. The maximum absolute atomic E-state index is 6.26. The van der Waals surface area contributed by atoms with Gasteiger partial charge in [-0.1, -0.05) is 25.4 Å². The normalized spacial score (nSPS) is 19.7. The van der Waals surface area contributed by atoms with E-state index in [0.29, 0.717) is 12.5 Å². The van der Waals surface area contributed by atoms with Gasteiger partial charge >= 0.3 is 0 Å². The number of aryl methyl sites for hydroxylation is 1. The molecule has 1 atom stereocenters. The SMILES string of the molecule is Cc1cc(Cl)c(C(C)C)cc1OCC1CNCCO1. The first-order valence-corrected chi connectivity index (χ1v) is 7.21. The summed E-state index contributed by atoms with van der Waals surface area (Å²) in [6.45, 7) is 9.39. The Morgan fingerprint density at radius 1 is 1.47 bits per heavy atom. The van der Waals surface area contributed by atoms with Gasteiger partial charge in [-0.15, -0.1) is 0 Å². The summed E-state index contributed by atoms with van der Waals surface area (Å²) in [4.78, 5) is 0. The van der Waals surface area contributed by atoms with E-state index in [9.17, 15) is 0 Å². The molecule has 1 fully saturated rings. The van der Waals surface area contributed by atoms with Gasteiger partial charge in [0.05, 0.1) is 6.61 Å². The summed E-state index contributed by atoms with van der Waals surface area (Å²) in [5, 5.41) is 4.11. The van der Waals surface area contributed by atoms with Gasteiger partial charge in [0.25, 0.3) is 0 Å². The molecule has 1 N–H and O–H groups in total. The molecule has 1 aliphatic rings. The number of benzene rings is 1. The van der Waals surface area contributed by atoms with Crippen molar-refractivity contribution in [1.82, 2.24) is 5.32 Å². The van der Waals surface area contributed by atoms with Gasteiger partial charge in [-0.05, 0) is 36.1 Å². The second-order valence-corrected chi connectivity index (χ2v) is 5.71. The number of hydrogen-bond donors (Lipinski definition) is 1. The summed E-state index contributed by atoms with van der Waals surface area (Å²) in [6, 6.07) is 4.03. The molecule has 0 aromatic heterocycles. The predicted octanol–water partition coefficient (Wildman–Crippen LogP) is 3.14. The molecule has 4 heteroatoms. The Hall–Kier alpha value is -0.770. The van der Waals surface area contributed by atoms with Gasteiger partial charge in [0.1, 0.15) is 18.5 Å². The fraction of sp³-hybridized carbons (Fsp3) is 0.600. The van der Waals surface area contributed by atoms with Crippen LogP contribution in [0.25, 0.3) is 0 Å². The van der Waals surface area contributed by atoms with Crippen molar-refractivity contribution >= 4 is 11.6 Å². The molecule has 0 bridgehead atoms. The van der Waals surface area contributed by atoms with Crippen molar-refractivity contribution in [3.63, 3.8) is 0 Å². The first-order valence-electron chi connectivity index (χ1n) is 6.83. The van der Waals surface area contributed by atoms with E-state index >= 15 is 0 Å². The van der Waals surface area contributed by atoms with Crippen molar-refractivity contribution in [3.8, 4) is 5.75 Å². The molecular weight excluding hydrogens is 262 g/mol. The maximum atomic E-state index is 6.26. The molecule has 1 saturated heterocycles. The molecule has 1 unspecified atom stereocenters. The van der Waals surface area contributed by atoms with Crippen LogP contribution in [0.3, 0.4) is 0 Å². The number of morpholine rings is 1. The molecule has 0 amide bonds. The lowest BCUT2D eigenvalue weighted by Gasteiger charge is -2.24. The molecule has 1 aromatic carbocycles. The molecule has 3 nitrogen and oxygen atoms in total. The van der Waals surface area contributed by atoms with E-state index in [2.05, 4.69) is 25.2 Å². The molecule has 19 heavy (non-hydrogen) atoms. The molecule has 0 radical (unpaired) electrons. The fourth-order valence-corrected chi connectivity index (χ4v) is 2.61. The second kappa shape index (κ2) is 6.60. The van der Waals surface area contributed by atoms with E-state index in [-0.39, 0.29) is 6.10 Å². The van der Waals surface area contributed by atoms with Crippen LogP contribution in [0.5, 0.6) is 5.75 Å². The number of nitrogens with one attached hydrogen (secondary N) is 1. The topological polar surface area (TPSA) is 30.5 Å². The highest BCUT2D eigenvalue weighted by Gasteiger charge is 2.15. The zero-order valence-corrected chi connectivity index (χ0v) is 12.6. The largest absolute Gasteiger partial charge is 0.491 e. The second-order valence-electron chi connectivity index (χ2n) is 5.30. The third-order valence-electron chi connectivity index (χ3n) is 3.35. The van der Waals surface area contributed by atoms with E-state index < -0.39 is 0 Å². The zero-order chi connectivity index (χ0) is 13.8. The third-order valence-corrected chi connectivity index (χ3v) is 3.67. The number of rotatable bonds is 4. The smallest absolute Gasteiger partial charge is 0.122 e. The van der Waals surface area contributed by atoms with Crippen LogP contribution in [0, 0.1) is 6.92 Å². The quantitative estimate of drug-likeness (QED) is 0.921. The van der Waals surface area contributed by atoms with E-state index in [1.165, 1.54) is 0 Å². The van der Waals surface area contributed by atoms with Crippen molar-refractivity contribution in [2.75, 3.05) is 26.3 Å². The van der Waals surface area contributed by atoms with Crippen molar-refractivity contribution < 1.29 is 9.47 Å². The van der Waals surface area contributed by atoms with E-state index in [1.54, 1.807) is 0 Å². The average molecular weight is 284 g/mol. The number of ether oxygens (including phenoxy) is 2. The van der Waals surface area contributed by atoms with E-state index in [0.717, 1.165) is 41.6 Å². The standard InChI is InChI=1S/C15H22ClNO2/c1-10(2)13-7-15(11(3)6-14(13)16)19-9-12-8-17-4-5-18-12/h6-7,10,12,17H,4-5,8-9H2,1-3H3. The van der Waals surface area contributed by atoms with Crippen LogP contribution in [0.2, 0.25) is 5.02 Å². The van der Waals surface area contributed by atoms with E-state index in [1.807, 2.05) is 13.0 Å². The van der Waals surface area contributed by atoms with Gasteiger partial charge in [-0.2, -0.15) is 0 Å². The van der Waals surface area contributed by atoms with Crippen LogP contribution in [0.4, 0.5) is 0 Å². The Kier molecular flexibility index (Phi) is 5.08. The Morgan fingerprint density at radius 3 is 2.89 bits per heavy atom. The van der Waals surface area contributed by atoms with Crippen molar-refractivity contribution in [2.45, 2.75) is 32.8 Å². The average Bonchev–Trinajstić information content (AvgIpc) is 2.38. The van der Waals surface area contributed by atoms with Gasteiger partial charge < -0.3 is 14.8 Å². The first-order chi connectivity index (χ1) is 9.08. The van der Waals surface area contributed by atoms with Crippen LogP contribution >= 0.6 is 11.6 Å². The summed E-state index contributed by atoms with van der Waals surface area (Å²) in [7, 11) is 0. The van der Waals surface area contributed by atoms with E-state index in [4.69, 9.17) is 21.1 Å². The fourth-order valence-electron chi connectivity index (χ4n) is 2.18. The molecule has 2 rings (SSSR count). The molecule has 1 aliphatic heterocycles. The number of hydrogen-bond acceptors (Lipinski definition) is 3. The third kappa shape index (κ3) is 3.85. The molecule has 1 heterocycles. The number of halogens is 1. The minimum Gasteiger partial charge on any atom is -0.491 e.